The van der Waals surface area contributed by atoms with Gasteiger partial charge in [-0.15, -0.1) is 0 Å². The molecule has 1 aliphatic heterocycles. The van der Waals surface area contributed by atoms with E-state index in [2.05, 4.69) is 10.3 Å². The van der Waals surface area contributed by atoms with Gasteiger partial charge in [-0.1, -0.05) is 6.07 Å². The van der Waals surface area contributed by atoms with Crippen molar-refractivity contribution < 1.29 is 19.4 Å². The summed E-state index contributed by atoms with van der Waals surface area (Å²) in [5.41, 5.74) is 1.58. The number of carbonyl (C=O) groups is 2. The van der Waals surface area contributed by atoms with Crippen LogP contribution in [0.25, 0.3) is 10.9 Å². The van der Waals surface area contributed by atoms with Crippen LogP contribution in [-0.2, 0) is 14.3 Å². The van der Waals surface area contributed by atoms with Crippen molar-refractivity contribution in [3.05, 3.63) is 30.5 Å². The zero-order valence-corrected chi connectivity index (χ0v) is 13.3. The Hall–Kier alpha value is -2.38. The van der Waals surface area contributed by atoms with E-state index in [0.29, 0.717) is 38.5 Å². The molecule has 0 saturated carbocycles. The number of rotatable bonds is 6. The van der Waals surface area contributed by atoms with E-state index in [9.17, 15) is 14.7 Å². The van der Waals surface area contributed by atoms with Crippen molar-refractivity contribution in [2.75, 3.05) is 38.2 Å². The summed E-state index contributed by atoms with van der Waals surface area (Å²) >= 11 is 0. The van der Waals surface area contributed by atoms with Crippen LogP contribution in [-0.4, -0.2) is 59.7 Å². The monoisotopic (exact) mass is 331 g/mol. The first-order chi connectivity index (χ1) is 11.6. The molecule has 24 heavy (non-hydrogen) atoms. The highest BCUT2D eigenvalue weighted by atomic mass is 16.5. The molecule has 2 heterocycles. The fraction of sp³-hybridized carbons (Fsp3) is 0.412. The standard InChI is InChI=1S/C17H21N3O4/c21-16(19-14-2-1-12-3-4-18-15(12)10-14)9-13(17(22)23)11-20-5-7-24-8-6-20/h1-4,10,13,18H,5-9,11H2,(H,19,21)(H,22,23)/t13-/m1/s1. The molecular formula is C17H21N3O4. The highest BCUT2D eigenvalue weighted by Gasteiger charge is 2.25. The Kier molecular flexibility index (Phi) is 5.12. The van der Waals surface area contributed by atoms with Gasteiger partial charge in [-0.05, 0) is 23.6 Å². The average molecular weight is 331 g/mol. The lowest BCUT2D eigenvalue weighted by molar-refractivity contribution is -0.144. The number of carboxylic acids is 1. The Morgan fingerprint density at radius 2 is 2.08 bits per heavy atom. The van der Waals surface area contributed by atoms with E-state index >= 15 is 0 Å². The van der Waals surface area contributed by atoms with Crippen molar-refractivity contribution >= 4 is 28.5 Å². The molecule has 1 atom stereocenters. The maximum Gasteiger partial charge on any atom is 0.308 e. The Balaban J connectivity index is 1.59. The van der Waals surface area contributed by atoms with Crippen molar-refractivity contribution in [3.63, 3.8) is 0 Å². The van der Waals surface area contributed by atoms with E-state index in [0.717, 1.165) is 10.9 Å². The summed E-state index contributed by atoms with van der Waals surface area (Å²) in [6.45, 7) is 2.98. The van der Waals surface area contributed by atoms with Crippen molar-refractivity contribution in [2.45, 2.75) is 6.42 Å². The van der Waals surface area contributed by atoms with Gasteiger partial charge >= 0.3 is 5.97 Å². The van der Waals surface area contributed by atoms with Crippen molar-refractivity contribution in [3.8, 4) is 0 Å². The smallest absolute Gasteiger partial charge is 0.308 e. The van der Waals surface area contributed by atoms with E-state index in [1.54, 1.807) is 0 Å². The highest BCUT2D eigenvalue weighted by Crippen LogP contribution is 2.18. The Labute approximate surface area is 139 Å². The third-order valence-electron chi connectivity index (χ3n) is 4.20. The molecule has 0 radical (unpaired) electrons. The van der Waals surface area contributed by atoms with Crippen LogP contribution in [0, 0.1) is 5.92 Å². The number of aliphatic carboxylic acids is 1. The number of aromatic amines is 1. The van der Waals surface area contributed by atoms with E-state index in [-0.39, 0.29) is 12.3 Å². The van der Waals surface area contributed by atoms with Gasteiger partial charge < -0.3 is 20.1 Å². The molecule has 7 heteroatoms. The maximum absolute atomic E-state index is 12.2. The Bertz CT molecular complexity index is 721. The first-order valence-corrected chi connectivity index (χ1v) is 8.02. The topological polar surface area (TPSA) is 94.7 Å². The summed E-state index contributed by atoms with van der Waals surface area (Å²) in [7, 11) is 0. The SMILES string of the molecule is O=C(C[C@H](CN1CCOCC1)C(=O)O)Nc1ccc2cc[nH]c2c1. The molecule has 1 aromatic heterocycles. The second-order valence-corrected chi connectivity index (χ2v) is 5.98. The number of amides is 1. The van der Waals surface area contributed by atoms with E-state index in [4.69, 9.17) is 4.74 Å². The lowest BCUT2D eigenvalue weighted by Gasteiger charge is -2.28. The number of nitrogens with zero attached hydrogens (tertiary/aromatic N) is 1. The zero-order valence-electron chi connectivity index (χ0n) is 13.3. The van der Waals surface area contributed by atoms with Gasteiger partial charge in [-0.2, -0.15) is 0 Å². The number of hydrogen-bond acceptors (Lipinski definition) is 4. The molecule has 1 fully saturated rings. The number of morpholine rings is 1. The molecule has 0 unspecified atom stereocenters. The second-order valence-electron chi connectivity index (χ2n) is 5.98. The predicted molar refractivity (Wildman–Crippen MR) is 89.9 cm³/mol. The number of carbonyl (C=O) groups excluding carboxylic acids is 1. The van der Waals surface area contributed by atoms with Crippen LogP contribution >= 0.6 is 0 Å². The third-order valence-corrected chi connectivity index (χ3v) is 4.20. The molecule has 0 bridgehead atoms. The second kappa shape index (κ2) is 7.46. The predicted octanol–water partition coefficient (Wildman–Crippen LogP) is 1.53. The molecule has 1 aliphatic rings. The number of anilines is 1. The summed E-state index contributed by atoms with van der Waals surface area (Å²) in [5, 5.41) is 13.2. The molecule has 3 rings (SSSR count). The quantitative estimate of drug-likeness (QED) is 0.746. The number of benzene rings is 1. The van der Waals surface area contributed by atoms with Crippen molar-refractivity contribution in [1.29, 1.82) is 0 Å². The van der Waals surface area contributed by atoms with Gasteiger partial charge in [0.25, 0.3) is 0 Å². The van der Waals surface area contributed by atoms with Gasteiger partial charge in [0, 0.05) is 43.5 Å². The lowest BCUT2D eigenvalue weighted by atomic mass is 10.0. The molecule has 0 aliphatic carbocycles. The van der Waals surface area contributed by atoms with Gasteiger partial charge in [0.15, 0.2) is 0 Å². The first-order valence-electron chi connectivity index (χ1n) is 8.02. The minimum absolute atomic E-state index is 0.0462. The molecule has 2 aromatic rings. The molecule has 0 spiro atoms. The Morgan fingerprint density at radius 3 is 2.83 bits per heavy atom. The van der Waals surface area contributed by atoms with Gasteiger partial charge in [-0.3, -0.25) is 14.5 Å². The van der Waals surface area contributed by atoms with Crippen LogP contribution in [0.4, 0.5) is 5.69 Å². The van der Waals surface area contributed by atoms with Crippen LogP contribution in [0.5, 0.6) is 0 Å². The van der Waals surface area contributed by atoms with E-state index < -0.39 is 11.9 Å². The number of nitrogens with one attached hydrogen (secondary N) is 2. The fourth-order valence-electron chi connectivity index (χ4n) is 2.89. The number of H-pyrrole nitrogens is 1. The fourth-order valence-corrected chi connectivity index (χ4v) is 2.89. The Morgan fingerprint density at radius 1 is 1.29 bits per heavy atom. The molecule has 1 saturated heterocycles. The van der Waals surface area contributed by atoms with Gasteiger partial charge in [0.1, 0.15) is 0 Å². The van der Waals surface area contributed by atoms with Crippen LogP contribution in [0.2, 0.25) is 0 Å². The van der Waals surface area contributed by atoms with Crippen LogP contribution in [0.3, 0.4) is 0 Å². The normalized spacial score (nSPS) is 16.8. The summed E-state index contributed by atoms with van der Waals surface area (Å²) < 4.78 is 5.26. The van der Waals surface area contributed by atoms with Gasteiger partial charge in [0.05, 0.1) is 19.1 Å². The lowest BCUT2D eigenvalue weighted by Crippen LogP contribution is -2.41. The summed E-state index contributed by atoms with van der Waals surface area (Å²) in [4.78, 5) is 28.8. The number of ether oxygens (including phenoxy) is 1. The molecule has 3 N–H and O–H groups in total. The maximum atomic E-state index is 12.2. The average Bonchev–Trinajstić information content (AvgIpc) is 3.02. The van der Waals surface area contributed by atoms with Gasteiger partial charge in [0.2, 0.25) is 5.91 Å². The van der Waals surface area contributed by atoms with Crippen LogP contribution < -0.4 is 5.32 Å². The zero-order chi connectivity index (χ0) is 16.9. The third kappa shape index (κ3) is 4.12. The van der Waals surface area contributed by atoms with Crippen molar-refractivity contribution in [2.24, 2.45) is 5.92 Å². The van der Waals surface area contributed by atoms with E-state index in [1.807, 2.05) is 35.4 Å². The van der Waals surface area contributed by atoms with E-state index in [1.165, 1.54) is 0 Å². The molecular weight excluding hydrogens is 310 g/mol. The number of hydrogen-bond donors (Lipinski definition) is 3. The van der Waals surface area contributed by atoms with Crippen LogP contribution in [0.15, 0.2) is 30.5 Å². The first kappa shape index (κ1) is 16.5. The molecule has 1 amide bonds. The number of carboxylic acid groups (broad SMARTS) is 1. The largest absolute Gasteiger partial charge is 0.481 e. The number of fused-ring (bicyclic) bond motifs is 1. The number of aromatic nitrogens is 1. The molecule has 1 aromatic carbocycles. The summed E-state index contributed by atoms with van der Waals surface area (Å²) in [6.07, 6.45) is 1.79. The molecule has 128 valence electrons. The van der Waals surface area contributed by atoms with Gasteiger partial charge in [-0.25, -0.2) is 0 Å². The molecule has 7 nitrogen and oxygen atoms in total. The highest BCUT2D eigenvalue weighted by molar-refractivity contribution is 5.95. The minimum Gasteiger partial charge on any atom is -0.481 e. The summed E-state index contributed by atoms with van der Waals surface area (Å²) in [6, 6.07) is 7.50. The summed E-state index contributed by atoms with van der Waals surface area (Å²) in [5.74, 6) is -1.96. The minimum atomic E-state index is -0.948. The van der Waals surface area contributed by atoms with Crippen LogP contribution in [0.1, 0.15) is 6.42 Å². The van der Waals surface area contributed by atoms with Crippen molar-refractivity contribution in [1.82, 2.24) is 9.88 Å².